The summed E-state index contributed by atoms with van der Waals surface area (Å²) in [6.07, 6.45) is 8.30. The summed E-state index contributed by atoms with van der Waals surface area (Å²) in [5.74, 6) is 0.767. The minimum absolute atomic E-state index is 0.751. The van der Waals surface area contributed by atoms with E-state index in [-0.39, 0.29) is 0 Å². The van der Waals surface area contributed by atoms with Gasteiger partial charge in [0.15, 0.2) is 0 Å². The van der Waals surface area contributed by atoms with Crippen molar-refractivity contribution in [3.63, 3.8) is 0 Å². The van der Waals surface area contributed by atoms with Crippen molar-refractivity contribution < 1.29 is 0 Å². The van der Waals surface area contributed by atoms with E-state index in [0.29, 0.717) is 0 Å². The summed E-state index contributed by atoms with van der Waals surface area (Å²) in [5.41, 5.74) is 0. The first-order valence-corrected chi connectivity index (χ1v) is 8.11. The summed E-state index contributed by atoms with van der Waals surface area (Å²) >= 11 is 0. The smallest absolute Gasteiger partial charge is 0.00979 e. The highest BCUT2D eigenvalue weighted by molar-refractivity contribution is 4.81. The van der Waals surface area contributed by atoms with Gasteiger partial charge in [-0.1, -0.05) is 33.6 Å². The summed E-state index contributed by atoms with van der Waals surface area (Å²) in [6.45, 7) is 13.0. The Bertz CT molecular complexity index is 201. The van der Waals surface area contributed by atoms with E-state index in [2.05, 4.69) is 37.9 Å². The van der Waals surface area contributed by atoms with Crippen LogP contribution in [-0.2, 0) is 0 Å². The molecule has 0 amide bonds. The minimum Gasteiger partial charge on any atom is -0.316 e. The van der Waals surface area contributed by atoms with E-state index in [4.69, 9.17) is 0 Å². The lowest BCUT2D eigenvalue weighted by Crippen LogP contribution is -2.46. The van der Waals surface area contributed by atoms with Crippen molar-refractivity contribution in [3.8, 4) is 0 Å². The molecule has 0 bridgehead atoms. The lowest BCUT2D eigenvalue weighted by atomic mass is 9.96. The highest BCUT2D eigenvalue weighted by Crippen LogP contribution is 2.23. The molecule has 18 heavy (non-hydrogen) atoms. The second kappa shape index (κ2) is 8.92. The molecule has 0 aromatic rings. The van der Waals surface area contributed by atoms with Crippen molar-refractivity contribution in [1.29, 1.82) is 0 Å². The van der Waals surface area contributed by atoms with Crippen molar-refractivity contribution in [2.75, 3.05) is 19.6 Å². The third-order valence-electron chi connectivity index (χ3n) is 4.15. The Hall–Kier alpha value is -0.0800. The molecular weight excluding hydrogens is 220 g/mol. The van der Waals surface area contributed by atoms with E-state index >= 15 is 0 Å². The number of hydrogen-bond acceptors (Lipinski definition) is 2. The van der Waals surface area contributed by atoms with E-state index in [0.717, 1.165) is 24.5 Å². The Morgan fingerprint density at radius 1 is 1.22 bits per heavy atom. The third kappa shape index (κ3) is 5.71. The first-order chi connectivity index (χ1) is 8.65. The monoisotopic (exact) mass is 254 g/mol. The average molecular weight is 254 g/mol. The molecule has 0 spiro atoms. The molecule has 0 aliphatic carbocycles. The van der Waals surface area contributed by atoms with Crippen LogP contribution in [0.3, 0.4) is 0 Å². The zero-order valence-electron chi connectivity index (χ0n) is 13.0. The highest BCUT2D eigenvalue weighted by atomic mass is 15.2. The van der Waals surface area contributed by atoms with Gasteiger partial charge in [0.05, 0.1) is 0 Å². The zero-order chi connectivity index (χ0) is 13.4. The van der Waals surface area contributed by atoms with Crippen LogP contribution in [0.5, 0.6) is 0 Å². The summed E-state index contributed by atoms with van der Waals surface area (Å²) < 4.78 is 0. The lowest BCUT2D eigenvalue weighted by Gasteiger charge is -2.40. The molecule has 1 saturated heterocycles. The van der Waals surface area contributed by atoms with E-state index in [9.17, 15) is 0 Å². The number of nitrogens with one attached hydrogen (secondary N) is 1. The molecule has 0 aromatic heterocycles. The molecule has 2 nitrogen and oxygen atoms in total. The molecule has 2 heteroatoms. The number of rotatable bonds is 8. The van der Waals surface area contributed by atoms with Crippen LogP contribution in [0.15, 0.2) is 0 Å². The van der Waals surface area contributed by atoms with Gasteiger partial charge >= 0.3 is 0 Å². The van der Waals surface area contributed by atoms with E-state index < -0.39 is 0 Å². The van der Waals surface area contributed by atoms with E-state index in [1.54, 1.807) is 0 Å². The van der Waals surface area contributed by atoms with Crippen LogP contribution in [0.2, 0.25) is 0 Å². The fourth-order valence-electron chi connectivity index (χ4n) is 3.11. The van der Waals surface area contributed by atoms with Gasteiger partial charge in [0.1, 0.15) is 0 Å². The van der Waals surface area contributed by atoms with Gasteiger partial charge in [0.25, 0.3) is 0 Å². The van der Waals surface area contributed by atoms with Crippen molar-refractivity contribution in [2.24, 2.45) is 5.92 Å². The first kappa shape index (κ1) is 16.0. The number of likely N-dealkylation sites (tertiary alicyclic amines) is 1. The van der Waals surface area contributed by atoms with Crippen LogP contribution in [-0.4, -0.2) is 36.6 Å². The van der Waals surface area contributed by atoms with Gasteiger partial charge in [-0.15, -0.1) is 0 Å². The molecule has 1 aliphatic rings. The highest BCUT2D eigenvalue weighted by Gasteiger charge is 2.25. The maximum absolute atomic E-state index is 3.57. The Labute approximate surface area is 115 Å². The Morgan fingerprint density at radius 3 is 2.67 bits per heavy atom. The van der Waals surface area contributed by atoms with Gasteiger partial charge in [0.2, 0.25) is 0 Å². The SMILES string of the molecule is CCCC1CCCCN1C(C)CCNCC(C)C. The van der Waals surface area contributed by atoms with Crippen LogP contribution in [0.4, 0.5) is 0 Å². The largest absolute Gasteiger partial charge is 0.316 e. The predicted molar refractivity (Wildman–Crippen MR) is 81.0 cm³/mol. The Morgan fingerprint density at radius 2 is 2.00 bits per heavy atom. The average Bonchev–Trinajstić information content (AvgIpc) is 2.35. The van der Waals surface area contributed by atoms with Crippen molar-refractivity contribution in [2.45, 2.75) is 78.3 Å². The van der Waals surface area contributed by atoms with Crippen molar-refractivity contribution in [3.05, 3.63) is 0 Å². The third-order valence-corrected chi connectivity index (χ3v) is 4.15. The molecule has 1 aliphatic heterocycles. The van der Waals surface area contributed by atoms with Crippen molar-refractivity contribution in [1.82, 2.24) is 10.2 Å². The molecular formula is C16H34N2. The number of nitrogens with zero attached hydrogens (tertiary/aromatic N) is 1. The fourth-order valence-corrected chi connectivity index (χ4v) is 3.11. The number of piperidine rings is 1. The molecule has 0 aromatic carbocycles. The summed E-state index contributed by atoms with van der Waals surface area (Å²) in [5, 5.41) is 3.57. The van der Waals surface area contributed by atoms with Crippen molar-refractivity contribution >= 4 is 0 Å². The van der Waals surface area contributed by atoms with Gasteiger partial charge < -0.3 is 5.32 Å². The van der Waals surface area contributed by atoms with Crippen LogP contribution in [0, 0.1) is 5.92 Å². The quantitative estimate of drug-likeness (QED) is 0.665. The van der Waals surface area contributed by atoms with Gasteiger partial charge in [0, 0.05) is 12.1 Å². The molecule has 1 N–H and O–H groups in total. The molecule has 0 saturated carbocycles. The van der Waals surface area contributed by atoms with Crippen LogP contribution in [0.1, 0.15) is 66.2 Å². The van der Waals surface area contributed by atoms with E-state index in [1.165, 1.54) is 51.6 Å². The molecule has 1 heterocycles. The molecule has 0 radical (unpaired) electrons. The van der Waals surface area contributed by atoms with Crippen LogP contribution < -0.4 is 5.32 Å². The zero-order valence-corrected chi connectivity index (χ0v) is 13.0. The second-order valence-electron chi connectivity index (χ2n) is 6.41. The molecule has 1 rings (SSSR count). The topological polar surface area (TPSA) is 15.3 Å². The molecule has 2 atom stereocenters. The Balaban J connectivity index is 2.26. The van der Waals surface area contributed by atoms with Gasteiger partial charge in [-0.3, -0.25) is 4.90 Å². The molecule has 108 valence electrons. The van der Waals surface area contributed by atoms with Crippen LogP contribution in [0.25, 0.3) is 0 Å². The maximum atomic E-state index is 3.57. The normalized spacial score (nSPS) is 23.5. The summed E-state index contributed by atoms with van der Waals surface area (Å²) in [7, 11) is 0. The standard InChI is InChI=1S/C16H34N2/c1-5-8-16-9-6-7-12-18(16)15(4)10-11-17-13-14(2)3/h14-17H,5-13H2,1-4H3. The maximum Gasteiger partial charge on any atom is 0.00979 e. The van der Waals surface area contributed by atoms with Gasteiger partial charge in [-0.05, 0) is 58.2 Å². The van der Waals surface area contributed by atoms with Gasteiger partial charge in [-0.2, -0.15) is 0 Å². The number of hydrogen-bond donors (Lipinski definition) is 1. The van der Waals surface area contributed by atoms with Gasteiger partial charge in [-0.25, -0.2) is 0 Å². The lowest BCUT2D eigenvalue weighted by molar-refractivity contribution is 0.0918. The molecule has 1 fully saturated rings. The molecule has 2 unspecified atom stereocenters. The van der Waals surface area contributed by atoms with E-state index in [1.807, 2.05) is 0 Å². The Kier molecular flexibility index (Phi) is 7.92. The second-order valence-corrected chi connectivity index (χ2v) is 6.41. The minimum atomic E-state index is 0.751. The van der Waals surface area contributed by atoms with Crippen LogP contribution >= 0.6 is 0 Å². The first-order valence-electron chi connectivity index (χ1n) is 8.11. The summed E-state index contributed by atoms with van der Waals surface area (Å²) in [4.78, 5) is 2.78. The fraction of sp³-hybridized carbons (Fsp3) is 1.00. The summed E-state index contributed by atoms with van der Waals surface area (Å²) in [6, 6.07) is 1.62. The predicted octanol–water partition coefficient (Wildman–Crippen LogP) is 3.67.